The lowest BCUT2D eigenvalue weighted by Gasteiger charge is -2.22. The van der Waals surface area contributed by atoms with Crippen molar-refractivity contribution in [3.63, 3.8) is 0 Å². The van der Waals surface area contributed by atoms with E-state index in [-0.39, 0.29) is 11.8 Å². The summed E-state index contributed by atoms with van der Waals surface area (Å²) in [7, 11) is 3.74. The smallest absolute Gasteiger partial charge is 0.223 e. The molecule has 0 radical (unpaired) electrons. The van der Waals surface area contributed by atoms with Crippen molar-refractivity contribution in [3.05, 3.63) is 88.2 Å². The number of hydrogen-bond acceptors (Lipinski definition) is 2. The summed E-state index contributed by atoms with van der Waals surface area (Å²) in [5.74, 6) is 0.0930. The van der Waals surface area contributed by atoms with E-state index in [4.69, 9.17) is 11.6 Å². The third kappa shape index (κ3) is 4.77. The van der Waals surface area contributed by atoms with Crippen molar-refractivity contribution >= 4 is 17.5 Å². The van der Waals surface area contributed by atoms with Crippen molar-refractivity contribution in [2.45, 2.75) is 25.8 Å². The number of amides is 1. The molecule has 1 unspecified atom stereocenters. The van der Waals surface area contributed by atoms with Gasteiger partial charge < -0.3 is 4.90 Å². The Morgan fingerprint density at radius 1 is 1.11 bits per heavy atom. The highest BCUT2D eigenvalue weighted by molar-refractivity contribution is 6.30. The van der Waals surface area contributed by atoms with Crippen LogP contribution in [0.1, 0.15) is 34.7 Å². The first-order valence-corrected chi connectivity index (χ1v) is 9.35. The zero-order valence-corrected chi connectivity index (χ0v) is 16.6. The number of benzene rings is 2. The second-order valence-electron chi connectivity index (χ2n) is 6.88. The van der Waals surface area contributed by atoms with Crippen LogP contribution < -0.4 is 0 Å². The van der Waals surface area contributed by atoms with Crippen LogP contribution in [0.25, 0.3) is 0 Å². The van der Waals surface area contributed by atoms with Crippen molar-refractivity contribution in [2.24, 2.45) is 7.05 Å². The van der Waals surface area contributed by atoms with Crippen molar-refractivity contribution in [1.29, 1.82) is 0 Å². The topological polar surface area (TPSA) is 38.1 Å². The average molecular weight is 382 g/mol. The van der Waals surface area contributed by atoms with E-state index in [1.807, 2.05) is 69.7 Å². The summed E-state index contributed by atoms with van der Waals surface area (Å²) >= 11 is 6.04. The van der Waals surface area contributed by atoms with Gasteiger partial charge in [0.05, 0.1) is 5.69 Å². The van der Waals surface area contributed by atoms with Crippen LogP contribution in [0.2, 0.25) is 5.02 Å². The molecule has 0 aliphatic heterocycles. The van der Waals surface area contributed by atoms with Crippen LogP contribution in [0.5, 0.6) is 0 Å². The standard InChI is InChI=1S/C22H24ClN3O/c1-16-19(15-26(3)24-16)14-25(2)22(27)13-21(17-7-5-4-6-8-17)18-9-11-20(23)12-10-18/h4-12,15,21H,13-14H2,1-3H3. The fourth-order valence-corrected chi connectivity index (χ4v) is 3.41. The minimum Gasteiger partial charge on any atom is -0.341 e. The van der Waals surface area contributed by atoms with Crippen molar-refractivity contribution < 1.29 is 4.79 Å². The number of aromatic nitrogens is 2. The molecule has 0 aliphatic carbocycles. The van der Waals surface area contributed by atoms with Gasteiger partial charge >= 0.3 is 0 Å². The molecule has 27 heavy (non-hydrogen) atoms. The van der Waals surface area contributed by atoms with Gasteiger partial charge in [-0.1, -0.05) is 54.1 Å². The molecule has 0 saturated carbocycles. The van der Waals surface area contributed by atoms with Gasteiger partial charge in [0.2, 0.25) is 5.91 Å². The van der Waals surface area contributed by atoms with E-state index in [1.165, 1.54) is 0 Å². The summed E-state index contributed by atoms with van der Waals surface area (Å²) in [5.41, 5.74) is 4.23. The average Bonchev–Trinajstić information content (AvgIpc) is 2.98. The molecule has 0 fully saturated rings. The molecule has 140 valence electrons. The Morgan fingerprint density at radius 2 is 1.74 bits per heavy atom. The first-order valence-electron chi connectivity index (χ1n) is 8.97. The summed E-state index contributed by atoms with van der Waals surface area (Å²) < 4.78 is 1.78. The molecule has 1 amide bonds. The molecule has 1 aromatic heterocycles. The minimum absolute atomic E-state index is 0.00610. The van der Waals surface area contributed by atoms with Gasteiger partial charge in [-0.05, 0) is 30.2 Å². The number of aryl methyl sites for hydroxylation is 2. The molecule has 2 aromatic carbocycles. The van der Waals surface area contributed by atoms with Crippen LogP contribution in [0, 0.1) is 6.92 Å². The van der Waals surface area contributed by atoms with E-state index in [0.717, 1.165) is 22.4 Å². The van der Waals surface area contributed by atoms with Crippen LogP contribution in [0.4, 0.5) is 0 Å². The number of hydrogen-bond donors (Lipinski definition) is 0. The van der Waals surface area contributed by atoms with Crippen molar-refractivity contribution in [2.75, 3.05) is 7.05 Å². The summed E-state index contributed by atoms with van der Waals surface area (Å²) in [4.78, 5) is 14.7. The molecule has 3 aromatic rings. The van der Waals surface area contributed by atoms with E-state index in [0.29, 0.717) is 18.0 Å². The first-order chi connectivity index (χ1) is 12.9. The van der Waals surface area contributed by atoms with Crippen molar-refractivity contribution in [1.82, 2.24) is 14.7 Å². The van der Waals surface area contributed by atoms with Crippen LogP contribution in [0.15, 0.2) is 60.8 Å². The quantitative estimate of drug-likeness (QED) is 0.627. The first kappa shape index (κ1) is 19.2. The molecule has 3 rings (SSSR count). The fraction of sp³-hybridized carbons (Fsp3) is 0.273. The highest BCUT2D eigenvalue weighted by atomic mass is 35.5. The van der Waals surface area contributed by atoms with Gasteiger partial charge in [0.25, 0.3) is 0 Å². The summed E-state index contributed by atoms with van der Waals surface area (Å²) in [5, 5.41) is 5.05. The molecular weight excluding hydrogens is 358 g/mol. The molecule has 5 heteroatoms. The van der Waals surface area contributed by atoms with Crippen molar-refractivity contribution in [3.8, 4) is 0 Å². The van der Waals surface area contributed by atoms with E-state index < -0.39 is 0 Å². The van der Waals surface area contributed by atoms with Gasteiger partial charge in [-0.2, -0.15) is 5.10 Å². The van der Waals surface area contributed by atoms with Crippen LogP contribution in [-0.2, 0) is 18.4 Å². The normalized spacial score (nSPS) is 12.0. The van der Waals surface area contributed by atoms with E-state index in [9.17, 15) is 4.79 Å². The molecule has 0 bridgehead atoms. The number of carbonyl (C=O) groups excluding carboxylic acids is 1. The Bertz CT molecular complexity index is 903. The molecule has 0 spiro atoms. The van der Waals surface area contributed by atoms with E-state index in [1.54, 1.807) is 9.58 Å². The third-order valence-corrected chi connectivity index (χ3v) is 5.05. The fourth-order valence-electron chi connectivity index (χ4n) is 3.29. The Balaban J connectivity index is 1.80. The Kier molecular flexibility index (Phi) is 5.97. The molecule has 0 aliphatic rings. The monoisotopic (exact) mass is 381 g/mol. The maximum atomic E-state index is 13.0. The summed E-state index contributed by atoms with van der Waals surface area (Å²) in [6.07, 6.45) is 2.37. The molecular formula is C22H24ClN3O. The third-order valence-electron chi connectivity index (χ3n) is 4.80. The Hall–Kier alpha value is -2.59. The van der Waals surface area contributed by atoms with E-state index in [2.05, 4.69) is 17.2 Å². The summed E-state index contributed by atoms with van der Waals surface area (Å²) in [6.45, 7) is 2.52. The zero-order valence-electron chi connectivity index (χ0n) is 15.9. The lowest BCUT2D eigenvalue weighted by Crippen LogP contribution is -2.28. The molecule has 4 nitrogen and oxygen atoms in total. The van der Waals surface area contributed by atoms with Gasteiger partial charge in [-0.15, -0.1) is 0 Å². The zero-order chi connectivity index (χ0) is 19.4. The minimum atomic E-state index is -0.00610. The van der Waals surface area contributed by atoms with Gasteiger partial charge in [0.1, 0.15) is 0 Å². The molecule has 0 saturated heterocycles. The maximum Gasteiger partial charge on any atom is 0.223 e. The predicted octanol–water partition coefficient (Wildman–Crippen LogP) is 4.56. The Morgan fingerprint density at radius 3 is 2.33 bits per heavy atom. The number of rotatable bonds is 6. The summed E-state index contributed by atoms with van der Waals surface area (Å²) in [6, 6.07) is 17.9. The number of nitrogens with zero attached hydrogens (tertiary/aromatic N) is 3. The van der Waals surface area contributed by atoms with Gasteiger partial charge in [-0.3, -0.25) is 9.48 Å². The molecule has 1 heterocycles. The van der Waals surface area contributed by atoms with Gasteiger partial charge in [0.15, 0.2) is 0 Å². The highest BCUT2D eigenvalue weighted by Gasteiger charge is 2.21. The van der Waals surface area contributed by atoms with Crippen LogP contribution in [-0.4, -0.2) is 27.6 Å². The number of carbonyl (C=O) groups is 1. The van der Waals surface area contributed by atoms with E-state index >= 15 is 0 Å². The predicted molar refractivity (Wildman–Crippen MR) is 109 cm³/mol. The SMILES string of the molecule is Cc1nn(C)cc1CN(C)C(=O)CC(c1ccccc1)c1ccc(Cl)cc1. The number of halogens is 1. The van der Waals surface area contributed by atoms with Gasteiger partial charge in [-0.25, -0.2) is 0 Å². The van der Waals surface area contributed by atoms with Gasteiger partial charge in [0, 0.05) is 49.8 Å². The maximum absolute atomic E-state index is 13.0. The second-order valence-corrected chi connectivity index (χ2v) is 7.32. The second kappa shape index (κ2) is 8.40. The molecule has 1 atom stereocenters. The Labute approximate surface area is 165 Å². The molecule has 0 N–H and O–H groups in total. The van der Waals surface area contributed by atoms with Crippen LogP contribution >= 0.6 is 11.6 Å². The largest absolute Gasteiger partial charge is 0.341 e. The highest BCUT2D eigenvalue weighted by Crippen LogP contribution is 2.29. The lowest BCUT2D eigenvalue weighted by molar-refractivity contribution is -0.130. The van der Waals surface area contributed by atoms with Crippen LogP contribution in [0.3, 0.4) is 0 Å². The lowest BCUT2D eigenvalue weighted by atomic mass is 9.88.